The quantitative estimate of drug-likeness (QED) is 0.900. The second kappa shape index (κ2) is 5.84. The molecule has 0 aliphatic rings. The average Bonchev–Trinajstić information content (AvgIpc) is 2.86. The molecule has 2 aromatic rings. The Kier molecular flexibility index (Phi) is 4.13. The van der Waals surface area contributed by atoms with E-state index in [9.17, 15) is 9.59 Å². The molecule has 0 radical (unpaired) electrons. The Bertz CT molecular complexity index is 711. The Balaban J connectivity index is 2.35. The molecule has 0 spiro atoms. The number of methoxy groups -OCH3 is 1. The number of aromatic carboxylic acids is 1. The zero-order chi connectivity index (χ0) is 15.6. The van der Waals surface area contributed by atoms with Crippen LogP contribution in [0.5, 0.6) is 5.75 Å². The van der Waals surface area contributed by atoms with Crippen LogP contribution < -0.4 is 10.1 Å². The predicted octanol–water partition coefficient (Wildman–Crippen LogP) is 2.60. The highest BCUT2D eigenvalue weighted by atomic mass is 35.5. The number of carboxylic acids is 1. The molecule has 0 bridgehead atoms. The highest BCUT2D eigenvalue weighted by molar-refractivity contribution is 6.34. The van der Waals surface area contributed by atoms with E-state index in [1.165, 1.54) is 19.2 Å². The van der Waals surface area contributed by atoms with Gasteiger partial charge in [0.25, 0.3) is 5.91 Å². The maximum atomic E-state index is 12.0. The third-order valence-corrected chi connectivity index (χ3v) is 3.03. The molecule has 8 heteroatoms. The number of hydrogen-bond acceptors (Lipinski definition) is 5. The summed E-state index contributed by atoms with van der Waals surface area (Å²) in [6, 6.07) is 2.53. The van der Waals surface area contributed by atoms with Gasteiger partial charge < -0.3 is 19.6 Å². The number of benzene rings is 1. The normalized spacial score (nSPS) is 10.2. The number of amides is 1. The van der Waals surface area contributed by atoms with E-state index in [0.29, 0.717) is 5.69 Å². The van der Waals surface area contributed by atoms with Crippen molar-refractivity contribution in [3.63, 3.8) is 0 Å². The van der Waals surface area contributed by atoms with E-state index in [0.717, 1.165) is 6.39 Å². The summed E-state index contributed by atoms with van der Waals surface area (Å²) >= 11 is 5.97. The molecule has 0 unspecified atom stereocenters. The fraction of sp³-hybridized carbons (Fsp3) is 0.154. The van der Waals surface area contributed by atoms with Crippen LogP contribution in [-0.2, 0) is 0 Å². The minimum atomic E-state index is -1.18. The maximum Gasteiger partial charge on any atom is 0.339 e. The summed E-state index contributed by atoms with van der Waals surface area (Å²) in [5.74, 6) is -1.60. The van der Waals surface area contributed by atoms with Crippen LogP contribution in [0.4, 0.5) is 5.69 Å². The fourth-order valence-corrected chi connectivity index (χ4v) is 1.90. The Hall–Kier alpha value is -2.54. The number of carboxylic acid groups (broad SMARTS) is 1. The molecule has 2 N–H and O–H groups in total. The van der Waals surface area contributed by atoms with Crippen molar-refractivity contribution in [2.75, 3.05) is 12.4 Å². The molecule has 2 rings (SSSR count). The number of aryl methyl sites for hydroxylation is 1. The van der Waals surface area contributed by atoms with Crippen molar-refractivity contribution in [3.05, 3.63) is 40.6 Å². The SMILES string of the molecule is COc1cc(NC(=O)c2ocnc2C)c(Cl)cc1C(=O)O. The lowest BCUT2D eigenvalue weighted by Crippen LogP contribution is -2.13. The fourth-order valence-electron chi connectivity index (χ4n) is 1.68. The highest BCUT2D eigenvalue weighted by Crippen LogP contribution is 2.31. The van der Waals surface area contributed by atoms with Gasteiger partial charge in [0.15, 0.2) is 6.39 Å². The number of anilines is 1. The molecule has 1 aromatic heterocycles. The Morgan fingerprint density at radius 2 is 2.14 bits per heavy atom. The van der Waals surface area contributed by atoms with Crippen LogP contribution in [0.3, 0.4) is 0 Å². The maximum absolute atomic E-state index is 12.0. The molecule has 21 heavy (non-hydrogen) atoms. The lowest BCUT2D eigenvalue weighted by atomic mass is 10.1. The van der Waals surface area contributed by atoms with Crippen molar-refractivity contribution < 1.29 is 23.8 Å². The molecular formula is C13H11ClN2O5. The number of ether oxygens (including phenoxy) is 1. The molecule has 0 aliphatic carbocycles. The lowest BCUT2D eigenvalue weighted by Gasteiger charge is -2.11. The number of aromatic nitrogens is 1. The van der Waals surface area contributed by atoms with Crippen molar-refractivity contribution in [1.82, 2.24) is 4.98 Å². The first-order chi connectivity index (χ1) is 9.93. The van der Waals surface area contributed by atoms with Gasteiger partial charge in [0.2, 0.25) is 5.76 Å². The minimum Gasteiger partial charge on any atom is -0.496 e. The van der Waals surface area contributed by atoms with Crippen LogP contribution in [0.1, 0.15) is 26.6 Å². The van der Waals surface area contributed by atoms with E-state index in [4.69, 9.17) is 25.9 Å². The number of carbonyl (C=O) groups excluding carboxylic acids is 1. The van der Waals surface area contributed by atoms with Gasteiger partial charge in [0.05, 0.1) is 23.5 Å². The van der Waals surface area contributed by atoms with Crippen LogP contribution in [0.2, 0.25) is 5.02 Å². The zero-order valence-corrected chi connectivity index (χ0v) is 11.9. The number of carbonyl (C=O) groups is 2. The molecular weight excluding hydrogens is 300 g/mol. The average molecular weight is 311 g/mol. The predicted molar refractivity (Wildman–Crippen MR) is 74.2 cm³/mol. The molecule has 0 atom stereocenters. The second-order valence-electron chi connectivity index (χ2n) is 4.06. The molecule has 110 valence electrons. The smallest absolute Gasteiger partial charge is 0.339 e. The summed E-state index contributed by atoms with van der Waals surface area (Å²) in [6.07, 6.45) is 1.15. The largest absolute Gasteiger partial charge is 0.496 e. The number of nitrogens with one attached hydrogen (secondary N) is 1. The first-order valence-corrected chi connectivity index (χ1v) is 6.14. The van der Waals surface area contributed by atoms with Gasteiger partial charge in [-0.3, -0.25) is 4.79 Å². The van der Waals surface area contributed by atoms with Crippen molar-refractivity contribution >= 4 is 29.2 Å². The van der Waals surface area contributed by atoms with Gasteiger partial charge in [-0.1, -0.05) is 11.6 Å². The van der Waals surface area contributed by atoms with Crippen LogP contribution in [-0.4, -0.2) is 29.1 Å². The van der Waals surface area contributed by atoms with Gasteiger partial charge in [-0.05, 0) is 13.0 Å². The lowest BCUT2D eigenvalue weighted by molar-refractivity contribution is 0.0693. The van der Waals surface area contributed by atoms with Gasteiger partial charge in [-0.15, -0.1) is 0 Å². The van der Waals surface area contributed by atoms with Crippen LogP contribution in [0.15, 0.2) is 22.9 Å². The molecule has 0 saturated carbocycles. The summed E-state index contributed by atoms with van der Waals surface area (Å²) in [6.45, 7) is 1.62. The summed E-state index contributed by atoms with van der Waals surface area (Å²) in [5.41, 5.74) is 0.536. The molecule has 0 aliphatic heterocycles. The summed E-state index contributed by atoms with van der Waals surface area (Å²) < 4.78 is 9.94. The van der Waals surface area contributed by atoms with Gasteiger partial charge in [0, 0.05) is 6.07 Å². The molecule has 7 nitrogen and oxygen atoms in total. The number of nitrogens with zero attached hydrogens (tertiary/aromatic N) is 1. The number of oxazole rings is 1. The summed E-state index contributed by atoms with van der Waals surface area (Å²) in [5, 5.41) is 11.6. The first kappa shape index (κ1) is 14.9. The Labute approximate surface area is 124 Å². The van der Waals surface area contributed by atoms with Crippen LogP contribution >= 0.6 is 11.6 Å². The van der Waals surface area contributed by atoms with Crippen LogP contribution in [0, 0.1) is 6.92 Å². The van der Waals surface area contributed by atoms with Gasteiger partial charge in [0.1, 0.15) is 11.3 Å². The monoisotopic (exact) mass is 310 g/mol. The third-order valence-electron chi connectivity index (χ3n) is 2.72. The zero-order valence-electron chi connectivity index (χ0n) is 11.1. The van der Waals surface area contributed by atoms with E-state index < -0.39 is 11.9 Å². The highest BCUT2D eigenvalue weighted by Gasteiger charge is 2.19. The molecule has 0 fully saturated rings. The van der Waals surface area contributed by atoms with Gasteiger partial charge in [-0.2, -0.15) is 0 Å². The number of halogens is 1. The summed E-state index contributed by atoms with van der Waals surface area (Å²) in [7, 11) is 1.32. The second-order valence-corrected chi connectivity index (χ2v) is 4.47. The topological polar surface area (TPSA) is 102 Å². The molecule has 1 heterocycles. The Morgan fingerprint density at radius 1 is 1.43 bits per heavy atom. The Morgan fingerprint density at radius 3 is 2.67 bits per heavy atom. The van der Waals surface area contributed by atoms with E-state index in [2.05, 4.69) is 10.3 Å². The van der Waals surface area contributed by atoms with Crippen molar-refractivity contribution in [1.29, 1.82) is 0 Å². The van der Waals surface area contributed by atoms with E-state index >= 15 is 0 Å². The first-order valence-electron chi connectivity index (χ1n) is 5.76. The van der Waals surface area contributed by atoms with E-state index in [1.807, 2.05) is 0 Å². The molecule has 0 saturated heterocycles. The van der Waals surface area contributed by atoms with Crippen molar-refractivity contribution in [2.45, 2.75) is 6.92 Å². The third kappa shape index (κ3) is 2.97. The van der Waals surface area contributed by atoms with Crippen molar-refractivity contribution in [3.8, 4) is 5.75 Å². The van der Waals surface area contributed by atoms with Crippen molar-refractivity contribution in [2.24, 2.45) is 0 Å². The summed E-state index contributed by atoms with van der Waals surface area (Å²) in [4.78, 5) is 26.9. The number of rotatable bonds is 4. The number of hydrogen-bond donors (Lipinski definition) is 2. The minimum absolute atomic E-state index is 0.0485. The van der Waals surface area contributed by atoms with E-state index in [1.54, 1.807) is 6.92 Å². The van der Waals surface area contributed by atoms with Gasteiger partial charge in [-0.25, -0.2) is 9.78 Å². The van der Waals surface area contributed by atoms with E-state index in [-0.39, 0.29) is 27.8 Å². The van der Waals surface area contributed by atoms with Crippen LogP contribution in [0.25, 0.3) is 0 Å². The standard InChI is InChI=1S/C13H11ClN2O5/c1-6-11(21-5-15-6)12(17)16-9-4-10(20-2)7(13(18)19)3-8(9)14/h3-5H,1-2H3,(H,16,17)(H,18,19). The van der Waals surface area contributed by atoms with Gasteiger partial charge >= 0.3 is 5.97 Å². The molecule has 1 aromatic carbocycles. The molecule has 1 amide bonds.